The summed E-state index contributed by atoms with van der Waals surface area (Å²) >= 11 is 3.39. The molecule has 5 heteroatoms. The highest BCUT2D eigenvalue weighted by molar-refractivity contribution is 9.10. The van der Waals surface area contributed by atoms with Crippen LogP contribution in [0, 0.1) is 0 Å². The van der Waals surface area contributed by atoms with Crippen LogP contribution in [0.3, 0.4) is 0 Å². The molecule has 2 aromatic rings. The third-order valence-corrected chi connectivity index (χ3v) is 3.72. The molecule has 0 saturated carbocycles. The van der Waals surface area contributed by atoms with Gasteiger partial charge in [-0.05, 0) is 29.3 Å². The van der Waals surface area contributed by atoms with Crippen LogP contribution < -0.4 is 5.32 Å². The van der Waals surface area contributed by atoms with E-state index >= 15 is 0 Å². The van der Waals surface area contributed by atoms with E-state index in [9.17, 15) is 0 Å². The molecule has 1 unspecified atom stereocenters. The van der Waals surface area contributed by atoms with E-state index in [4.69, 9.17) is 0 Å². The molecule has 0 saturated heterocycles. The number of unbranched alkanes of at least 4 members (excludes halogenated alkanes) is 2. The summed E-state index contributed by atoms with van der Waals surface area (Å²) in [5.41, 5.74) is 2.05. The second-order valence-corrected chi connectivity index (χ2v) is 5.78. The van der Waals surface area contributed by atoms with E-state index in [-0.39, 0.29) is 0 Å². The molecule has 0 aliphatic heterocycles. The van der Waals surface area contributed by atoms with E-state index in [1.165, 1.54) is 31.4 Å². The van der Waals surface area contributed by atoms with Crippen LogP contribution >= 0.6 is 15.9 Å². The first-order chi connectivity index (χ1) is 9.20. The molecule has 0 aliphatic rings. The first kappa shape index (κ1) is 14.5. The molecule has 0 spiro atoms. The van der Waals surface area contributed by atoms with Crippen molar-refractivity contribution < 1.29 is 0 Å². The summed E-state index contributed by atoms with van der Waals surface area (Å²) in [4.78, 5) is 8.53. The van der Waals surface area contributed by atoms with Gasteiger partial charge in [0.25, 0.3) is 0 Å². The molecule has 0 fully saturated rings. The molecule has 2 aromatic heterocycles. The summed E-state index contributed by atoms with van der Waals surface area (Å²) < 4.78 is 2.90. The lowest BCUT2D eigenvalue weighted by atomic mass is 10.1. The molecule has 0 bridgehead atoms. The second-order valence-electron chi connectivity index (χ2n) is 4.97. The van der Waals surface area contributed by atoms with Crippen molar-refractivity contribution in [1.82, 2.24) is 19.7 Å². The van der Waals surface area contributed by atoms with Crippen LogP contribution in [-0.4, -0.2) is 20.4 Å². The molecule has 1 N–H and O–H groups in total. The molecular formula is C14H21BrN4. The smallest absolute Gasteiger partial charge is 0.155 e. The van der Waals surface area contributed by atoms with Gasteiger partial charge >= 0.3 is 0 Å². The molecule has 0 radical (unpaired) electrons. The van der Waals surface area contributed by atoms with Crippen molar-refractivity contribution in [1.29, 1.82) is 0 Å². The molecule has 0 aromatic carbocycles. The maximum atomic E-state index is 4.35. The summed E-state index contributed by atoms with van der Waals surface area (Å²) in [6.07, 6.45) is 10.8. The lowest BCUT2D eigenvalue weighted by Gasteiger charge is -2.13. The van der Waals surface area contributed by atoms with E-state index < -0.39 is 0 Å². The maximum absolute atomic E-state index is 4.35. The third-order valence-electron chi connectivity index (χ3n) is 3.31. The Kier molecular flexibility index (Phi) is 5.34. The van der Waals surface area contributed by atoms with Gasteiger partial charge < -0.3 is 5.32 Å². The maximum Gasteiger partial charge on any atom is 0.155 e. The lowest BCUT2D eigenvalue weighted by Crippen LogP contribution is -2.25. The van der Waals surface area contributed by atoms with Crippen molar-refractivity contribution in [3.63, 3.8) is 0 Å². The Balaban J connectivity index is 1.92. The number of hydrogen-bond donors (Lipinski definition) is 1. The fourth-order valence-corrected chi connectivity index (χ4v) is 2.44. The van der Waals surface area contributed by atoms with E-state index in [2.05, 4.69) is 49.5 Å². The Bertz CT molecular complexity index is 523. The summed E-state index contributed by atoms with van der Waals surface area (Å²) in [5, 5.41) is 3.56. The summed E-state index contributed by atoms with van der Waals surface area (Å²) in [5.74, 6) is 0. The van der Waals surface area contributed by atoms with Gasteiger partial charge in [-0.15, -0.1) is 0 Å². The van der Waals surface area contributed by atoms with Crippen LogP contribution in [0.15, 0.2) is 23.2 Å². The molecule has 2 rings (SSSR count). The molecule has 0 aliphatic carbocycles. The Labute approximate surface area is 122 Å². The van der Waals surface area contributed by atoms with Gasteiger partial charge in [0.05, 0.1) is 18.1 Å². The largest absolute Gasteiger partial charge is 0.309 e. The molecule has 2 heterocycles. The number of nitrogens with one attached hydrogen (secondary N) is 1. The standard InChI is InChI=1S/C14H21BrN4/c1-3-4-5-6-11(2)16-7-12-8-18-14-9-17-13(15)10-19(12)14/h8-11,16H,3-7H2,1-2H3. The monoisotopic (exact) mass is 324 g/mol. The second kappa shape index (κ2) is 7.01. The number of nitrogens with zero attached hydrogens (tertiary/aromatic N) is 3. The predicted octanol–water partition coefficient (Wildman–Crippen LogP) is 3.55. The first-order valence-corrected chi connectivity index (χ1v) is 7.71. The van der Waals surface area contributed by atoms with E-state index in [1.807, 2.05) is 12.4 Å². The van der Waals surface area contributed by atoms with Crippen LogP contribution in [-0.2, 0) is 6.54 Å². The van der Waals surface area contributed by atoms with Gasteiger partial charge in [-0.1, -0.05) is 26.2 Å². The Morgan fingerprint density at radius 3 is 2.95 bits per heavy atom. The minimum absolute atomic E-state index is 0.544. The summed E-state index contributed by atoms with van der Waals surface area (Å²) in [7, 11) is 0. The highest BCUT2D eigenvalue weighted by atomic mass is 79.9. The van der Waals surface area contributed by atoms with E-state index in [0.717, 1.165) is 16.8 Å². The zero-order valence-corrected chi connectivity index (χ0v) is 13.2. The van der Waals surface area contributed by atoms with Crippen LogP contribution in [0.25, 0.3) is 5.65 Å². The van der Waals surface area contributed by atoms with Crippen molar-refractivity contribution in [3.05, 3.63) is 28.9 Å². The van der Waals surface area contributed by atoms with Crippen molar-refractivity contribution >= 4 is 21.6 Å². The zero-order valence-electron chi connectivity index (χ0n) is 11.6. The minimum atomic E-state index is 0.544. The number of aromatic nitrogens is 3. The van der Waals surface area contributed by atoms with E-state index in [1.54, 1.807) is 6.20 Å². The average Bonchev–Trinajstić information content (AvgIpc) is 2.79. The van der Waals surface area contributed by atoms with Gasteiger partial charge in [-0.3, -0.25) is 4.40 Å². The third kappa shape index (κ3) is 4.01. The lowest BCUT2D eigenvalue weighted by molar-refractivity contribution is 0.483. The summed E-state index contributed by atoms with van der Waals surface area (Å²) in [6, 6.07) is 0.544. The molecular weight excluding hydrogens is 304 g/mol. The van der Waals surface area contributed by atoms with Crippen molar-refractivity contribution in [2.45, 2.75) is 52.1 Å². The Morgan fingerprint density at radius 2 is 2.16 bits per heavy atom. The Morgan fingerprint density at radius 1 is 1.32 bits per heavy atom. The van der Waals surface area contributed by atoms with Gasteiger partial charge in [-0.25, -0.2) is 9.97 Å². The Hall–Kier alpha value is -0.940. The van der Waals surface area contributed by atoms with Crippen LogP contribution in [0.5, 0.6) is 0 Å². The van der Waals surface area contributed by atoms with Crippen molar-refractivity contribution in [2.24, 2.45) is 0 Å². The number of rotatable bonds is 7. The molecule has 1 atom stereocenters. The SMILES string of the molecule is CCCCCC(C)NCc1cnc2cnc(Br)cn12. The highest BCUT2D eigenvalue weighted by Gasteiger charge is 2.06. The van der Waals surface area contributed by atoms with Gasteiger partial charge in [0.15, 0.2) is 5.65 Å². The molecule has 19 heavy (non-hydrogen) atoms. The minimum Gasteiger partial charge on any atom is -0.309 e. The molecule has 104 valence electrons. The predicted molar refractivity (Wildman–Crippen MR) is 81.1 cm³/mol. The van der Waals surface area contributed by atoms with Crippen molar-refractivity contribution in [2.75, 3.05) is 0 Å². The quantitative estimate of drug-likeness (QED) is 0.792. The number of hydrogen-bond acceptors (Lipinski definition) is 3. The molecule has 0 amide bonds. The van der Waals surface area contributed by atoms with E-state index in [0.29, 0.717) is 6.04 Å². The first-order valence-electron chi connectivity index (χ1n) is 6.91. The van der Waals surface area contributed by atoms with Gasteiger partial charge in [0.2, 0.25) is 0 Å². The normalized spacial score (nSPS) is 13.0. The van der Waals surface area contributed by atoms with Gasteiger partial charge in [0, 0.05) is 18.8 Å². The fourth-order valence-electron chi connectivity index (χ4n) is 2.13. The fraction of sp³-hybridized carbons (Fsp3) is 0.571. The van der Waals surface area contributed by atoms with Crippen LogP contribution in [0.1, 0.15) is 45.2 Å². The average molecular weight is 325 g/mol. The summed E-state index contributed by atoms with van der Waals surface area (Å²) in [6.45, 7) is 5.32. The zero-order chi connectivity index (χ0) is 13.7. The van der Waals surface area contributed by atoms with Gasteiger partial charge in [0.1, 0.15) is 4.60 Å². The number of imidazole rings is 1. The van der Waals surface area contributed by atoms with Gasteiger partial charge in [-0.2, -0.15) is 0 Å². The van der Waals surface area contributed by atoms with Crippen LogP contribution in [0.4, 0.5) is 0 Å². The highest BCUT2D eigenvalue weighted by Crippen LogP contribution is 2.11. The number of halogens is 1. The molecule has 4 nitrogen and oxygen atoms in total. The number of fused-ring (bicyclic) bond motifs is 1. The van der Waals surface area contributed by atoms with Crippen molar-refractivity contribution in [3.8, 4) is 0 Å². The topological polar surface area (TPSA) is 42.2 Å². The van der Waals surface area contributed by atoms with Crippen LogP contribution in [0.2, 0.25) is 0 Å².